The van der Waals surface area contributed by atoms with Gasteiger partial charge in [0.05, 0.1) is 31.5 Å². The van der Waals surface area contributed by atoms with Crippen LogP contribution in [0.15, 0.2) is 16.7 Å². The second-order valence-corrected chi connectivity index (χ2v) is 10.4. The van der Waals surface area contributed by atoms with E-state index in [2.05, 4.69) is 0 Å². The lowest BCUT2D eigenvalue weighted by molar-refractivity contribution is -0.350. The highest BCUT2D eigenvalue weighted by atomic mass is 16.6. The average Bonchev–Trinajstić information content (AvgIpc) is 3.19. The number of furan rings is 1. The predicted molar refractivity (Wildman–Crippen MR) is 109 cm³/mol. The van der Waals surface area contributed by atoms with Crippen LogP contribution in [-0.4, -0.2) is 69.5 Å². The molecule has 4 rings (SSSR count). The molecule has 1 aromatic heterocycles. The van der Waals surface area contributed by atoms with E-state index >= 15 is 0 Å². The van der Waals surface area contributed by atoms with Crippen LogP contribution in [0.3, 0.4) is 0 Å². The van der Waals surface area contributed by atoms with Crippen molar-refractivity contribution >= 4 is 11.9 Å². The standard InChI is InChI=1S/C23H32O9/c1-10(24)32-17-16-12(8-14-11(6-7-31-14)15(16)20(28)30-5)22(4)18(26)13(25)9-21(2,3)23(22,29)19(17)27/h6-7,12-13,15-19,25-27,29H,8-9H2,1-5H3/t12-,13-,15+,16-,17+,18-,19-,22-,23+/m0/s1. The van der Waals surface area contributed by atoms with Crippen molar-refractivity contribution in [3.8, 4) is 0 Å². The minimum Gasteiger partial charge on any atom is -0.469 e. The Labute approximate surface area is 186 Å². The van der Waals surface area contributed by atoms with E-state index < -0.39 is 70.5 Å². The molecule has 0 amide bonds. The SMILES string of the molecule is COC(=O)[C@@H]1c2ccoc2C[C@H]2[C@@H]1[C@@H](OC(C)=O)[C@H](O)[C@@]1(O)C(C)(C)C[C@H](O)[C@H](O)[C@]21C. The van der Waals surface area contributed by atoms with Gasteiger partial charge in [-0.15, -0.1) is 0 Å². The van der Waals surface area contributed by atoms with Gasteiger partial charge in [-0.1, -0.05) is 20.8 Å². The van der Waals surface area contributed by atoms with Crippen LogP contribution in [0.2, 0.25) is 0 Å². The maximum Gasteiger partial charge on any atom is 0.313 e. The molecule has 32 heavy (non-hydrogen) atoms. The fourth-order valence-corrected chi connectivity index (χ4v) is 7.16. The molecular weight excluding hydrogens is 420 g/mol. The molecule has 0 aromatic carbocycles. The summed E-state index contributed by atoms with van der Waals surface area (Å²) in [5.41, 5.74) is -3.93. The Balaban J connectivity index is 2.00. The average molecular weight is 453 g/mol. The van der Waals surface area contributed by atoms with E-state index in [-0.39, 0.29) is 12.8 Å². The van der Waals surface area contributed by atoms with Gasteiger partial charge < -0.3 is 34.3 Å². The number of methoxy groups -OCH3 is 1. The van der Waals surface area contributed by atoms with Gasteiger partial charge in [0.2, 0.25) is 0 Å². The summed E-state index contributed by atoms with van der Waals surface area (Å²) in [6, 6.07) is 1.64. The van der Waals surface area contributed by atoms with Gasteiger partial charge in [0.25, 0.3) is 0 Å². The summed E-state index contributed by atoms with van der Waals surface area (Å²) in [4.78, 5) is 25.0. The summed E-state index contributed by atoms with van der Waals surface area (Å²) in [5, 5.41) is 45.8. The van der Waals surface area contributed by atoms with Crippen LogP contribution in [0.4, 0.5) is 0 Å². The molecule has 9 heteroatoms. The van der Waals surface area contributed by atoms with Gasteiger partial charge in [0.1, 0.15) is 23.6 Å². The largest absolute Gasteiger partial charge is 0.469 e. The van der Waals surface area contributed by atoms with E-state index in [0.717, 1.165) is 0 Å². The van der Waals surface area contributed by atoms with Gasteiger partial charge in [-0.2, -0.15) is 0 Å². The molecule has 4 N–H and O–H groups in total. The van der Waals surface area contributed by atoms with Crippen LogP contribution >= 0.6 is 0 Å². The third-order valence-corrected chi connectivity index (χ3v) is 8.57. The Morgan fingerprint density at radius 3 is 2.41 bits per heavy atom. The fraction of sp³-hybridized carbons (Fsp3) is 0.739. The molecule has 3 aliphatic carbocycles. The lowest BCUT2D eigenvalue weighted by atomic mass is 9.38. The van der Waals surface area contributed by atoms with Crippen molar-refractivity contribution in [2.24, 2.45) is 22.7 Å². The molecule has 1 aromatic rings. The normalized spacial score (nSPS) is 44.6. The number of aliphatic hydroxyl groups excluding tert-OH is 3. The third kappa shape index (κ3) is 2.71. The first kappa shape index (κ1) is 23.2. The molecule has 1 heterocycles. The van der Waals surface area contributed by atoms with Crippen molar-refractivity contribution in [1.29, 1.82) is 0 Å². The van der Waals surface area contributed by atoms with Gasteiger partial charge in [-0.25, -0.2) is 0 Å². The Morgan fingerprint density at radius 2 is 1.81 bits per heavy atom. The van der Waals surface area contributed by atoms with E-state index in [1.165, 1.54) is 20.3 Å². The maximum absolute atomic E-state index is 13.0. The van der Waals surface area contributed by atoms with Crippen molar-refractivity contribution in [3.63, 3.8) is 0 Å². The number of fused-ring (bicyclic) bond motifs is 4. The van der Waals surface area contributed by atoms with Gasteiger partial charge in [-0.3, -0.25) is 9.59 Å². The van der Waals surface area contributed by atoms with Gasteiger partial charge >= 0.3 is 11.9 Å². The second kappa shape index (κ2) is 7.28. The van der Waals surface area contributed by atoms with Crippen molar-refractivity contribution in [2.75, 3.05) is 7.11 Å². The topological polar surface area (TPSA) is 147 Å². The smallest absolute Gasteiger partial charge is 0.313 e. The summed E-state index contributed by atoms with van der Waals surface area (Å²) in [7, 11) is 1.24. The lowest BCUT2D eigenvalue weighted by Gasteiger charge is -2.70. The monoisotopic (exact) mass is 452 g/mol. The maximum atomic E-state index is 13.0. The molecule has 3 aliphatic rings. The Bertz CT molecular complexity index is 922. The molecule has 0 unspecified atom stereocenters. The Morgan fingerprint density at radius 1 is 1.16 bits per heavy atom. The highest BCUT2D eigenvalue weighted by Crippen LogP contribution is 2.67. The molecular formula is C23H32O9. The molecule has 9 nitrogen and oxygen atoms in total. The number of rotatable bonds is 2. The van der Waals surface area contributed by atoms with Gasteiger partial charge in [-0.05, 0) is 23.8 Å². The summed E-state index contributed by atoms with van der Waals surface area (Å²) in [5.74, 6) is -3.25. The summed E-state index contributed by atoms with van der Waals surface area (Å²) >= 11 is 0. The van der Waals surface area contributed by atoms with Crippen molar-refractivity contribution < 1.29 is 43.9 Å². The van der Waals surface area contributed by atoms with Crippen molar-refractivity contribution in [1.82, 2.24) is 0 Å². The number of hydrogen-bond donors (Lipinski definition) is 4. The highest BCUT2D eigenvalue weighted by Gasteiger charge is 2.77. The summed E-state index contributed by atoms with van der Waals surface area (Å²) in [6.45, 7) is 6.22. The number of esters is 2. The molecule has 0 radical (unpaired) electrons. The first-order chi connectivity index (χ1) is 14.8. The predicted octanol–water partition coefficient (Wildman–Crippen LogP) is 0.520. The van der Waals surface area contributed by atoms with E-state index in [1.807, 2.05) is 0 Å². The van der Waals surface area contributed by atoms with Crippen LogP contribution < -0.4 is 0 Å². The molecule has 9 atom stereocenters. The third-order valence-electron chi connectivity index (χ3n) is 8.57. The number of ether oxygens (including phenoxy) is 2. The number of carbonyl (C=O) groups is 2. The van der Waals surface area contributed by atoms with Crippen molar-refractivity contribution in [2.45, 2.75) is 76.5 Å². The van der Waals surface area contributed by atoms with Crippen LogP contribution in [0, 0.1) is 22.7 Å². The van der Waals surface area contributed by atoms with Crippen molar-refractivity contribution in [3.05, 3.63) is 23.7 Å². The fourth-order valence-electron chi connectivity index (χ4n) is 7.16. The van der Waals surface area contributed by atoms with Crippen LogP contribution in [0.1, 0.15) is 51.4 Å². The van der Waals surface area contributed by atoms with Gasteiger partial charge in [0.15, 0.2) is 0 Å². The number of aliphatic hydroxyl groups is 4. The van der Waals surface area contributed by atoms with Gasteiger partial charge in [0, 0.05) is 30.2 Å². The van der Waals surface area contributed by atoms with E-state index in [9.17, 15) is 30.0 Å². The minimum absolute atomic E-state index is 0.0218. The Kier molecular flexibility index (Phi) is 5.28. The molecule has 0 aliphatic heterocycles. The summed E-state index contributed by atoms with van der Waals surface area (Å²) < 4.78 is 16.3. The zero-order valence-electron chi connectivity index (χ0n) is 18.9. The molecule has 0 spiro atoms. The van der Waals surface area contributed by atoms with Crippen LogP contribution in [-0.2, 0) is 25.5 Å². The molecule has 0 bridgehead atoms. The minimum atomic E-state index is -1.95. The first-order valence-corrected chi connectivity index (χ1v) is 10.9. The Hall–Kier alpha value is -1.94. The number of hydrogen-bond acceptors (Lipinski definition) is 9. The second-order valence-electron chi connectivity index (χ2n) is 10.4. The zero-order valence-corrected chi connectivity index (χ0v) is 18.9. The highest BCUT2D eigenvalue weighted by molar-refractivity contribution is 5.79. The van der Waals surface area contributed by atoms with E-state index in [4.69, 9.17) is 13.9 Å². The van der Waals surface area contributed by atoms with E-state index in [1.54, 1.807) is 26.8 Å². The quantitative estimate of drug-likeness (QED) is 0.472. The summed E-state index contributed by atoms with van der Waals surface area (Å²) in [6.07, 6.45) is -3.77. The molecule has 2 saturated carbocycles. The van der Waals surface area contributed by atoms with E-state index in [0.29, 0.717) is 11.3 Å². The number of carbonyl (C=O) groups excluding carboxylic acids is 2. The molecule has 0 saturated heterocycles. The van der Waals surface area contributed by atoms with Crippen LogP contribution in [0.25, 0.3) is 0 Å². The molecule has 178 valence electrons. The lowest BCUT2D eigenvalue weighted by Crippen LogP contribution is -2.81. The van der Waals surface area contributed by atoms with Crippen LogP contribution in [0.5, 0.6) is 0 Å². The molecule has 2 fully saturated rings. The zero-order chi connectivity index (χ0) is 23.8. The first-order valence-electron chi connectivity index (χ1n) is 10.9.